The fourth-order valence-corrected chi connectivity index (χ4v) is 3.41. The molecule has 156 valence electrons. The second-order valence-corrected chi connectivity index (χ2v) is 7.88. The Morgan fingerprint density at radius 3 is 2.18 bits per heavy atom. The van der Waals surface area contributed by atoms with E-state index in [2.05, 4.69) is 16.8 Å². The van der Waals surface area contributed by atoms with E-state index < -0.39 is 5.54 Å². The topological polar surface area (TPSA) is 76.7 Å². The van der Waals surface area contributed by atoms with E-state index in [-0.39, 0.29) is 11.7 Å². The summed E-state index contributed by atoms with van der Waals surface area (Å²) < 4.78 is 9.27. The first-order chi connectivity index (χ1) is 13.6. The molecule has 2 rings (SSSR count). The van der Waals surface area contributed by atoms with Gasteiger partial charge in [0.1, 0.15) is 11.6 Å². The van der Waals surface area contributed by atoms with Crippen LogP contribution < -0.4 is 15.8 Å². The van der Waals surface area contributed by atoms with Crippen molar-refractivity contribution in [3.05, 3.63) is 29.8 Å². The Hall–Kier alpha value is -1.75. The van der Waals surface area contributed by atoms with Crippen molar-refractivity contribution in [1.82, 2.24) is 5.32 Å². The standard InChI is InChI=1S/C22H34ClN3O2/c1-2-3-4-5-6-7-8-9-10-17-28-19-13-11-18(12-14-19)20(27)25-22(15-16-22)21(24)26-23/h11-14H,2-10,15-17H2,1H3,(H2,24,26)(H,25,27). The lowest BCUT2D eigenvalue weighted by Gasteiger charge is -2.16. The van der Waals surface area contributed by atoms with E-state index in [0.717, 1.165) is 25.0 Å². The molecule has 1 aromatic carbocycles. The molecule has 1 amide bonds. The fourth-order valence-electron chi connectivity index (χ4n) is 3.25. The fraction of sp³-hybridized carbons (Fsp3) is 0.636. The van der Waals surface area contributed by atoms with Crippen LogP contribution >= 0.6 is 11.8 Å². The van der Waals surface area contributed by atoms with Crippen molar-refractivity contribution in [3.8, 4) is 5.75 Å². The summed E-state index contributed by atoms with van der Waals surface area (Å²) in [6.07, 6.45) is 13.2. The average molecular weight is 408 g/mol. The molecule has 0 atom stereocenters. The predicted octanol–water partition coefficient (Wildman–Crippen LogP) is 5.37. The van der Waals surface area contributed by atoms with Crippen molar-refractivity contribution in [2.24, 2.45) is 10.2 Å². The van der Waals surface area contributed by atoms with E-state index in [1.807, 2.05) is 12.1 Å². The zero-order valence-electron chi connectivity index (χ0n) is 17.0. The van der Waals surface area contributed by atoms with Gasteiger partial charge in [-0.05, 0) is 43.5 Å². The number of carbonyl (C=O) groups is 1. The zero-order valence-corrected chi connectivity index (χ0v) is 17.8. The second-order valence-electron chi connectivity index (χ2n) is 7.71. The van der Waals surface area contributed by atoms with Crippen LogP contribution in [0.25, 0.3) is 0 Å². The van der Waals surface area contributed by atoms with Crippen LogP contribution in [0, 0.1) is 0 Å². The van der Waals surface area contributed by atoms with Gasteiger partial charge in [0, 0.05) is 17.3 Å². The van der Waals surface area contributed by atoms with Crippen LogP contribution in [0.1, 0.15) is 87.9 Å². The van der Waals surface area contributed by atoms with Gasteiger partial charge in [0.25, 0.3) is 5.91 Å². The maximum atomic E-state index is 12.4. The van der Waals surface area contributed by atoms with Crippen molar-refractivity contribution in [2.75, 3.05) is 6.61 Å². The molecule has 0 spiro atoms. The van der Waals surface area contributed by atoms with Crippen molar-refractivity contribution >= 4 is 23.5 Å². The normalized spacial score (nSPS) is 15.3. The van der Waals surface area contributed by atoms with Crippen molar-refractivity contribution in [2.45, 2.75) is 83.1 Å². The minimum Gasteiger partial charge on any atom is -0.494 e. The summed E-state index contributed by atoms with van der Waals surface area (Å²) >= 11 is 5.44. The van der Waals surface area contributed by atoms with Gasteiger partial charge in [-0.25, -0.2) is 0 Å². The average Bonchev–Trinajstić information content (AvgIpc) is 3.49. The highest BCUT2D eigenvalue weighted by molar-refractivity contribution is 6.21. The first-order valence-electron chi connectivity index (χ1n) is 10.6. The summed E-state index contributed by atoms with van der Waals surface area (Å²) in [5, 5.41) is 2.92. The Morgan fingerprint density at radius 1 is 1.07 bits per heavy atom. The molecule has 0 heterocycles. The van der Waals surface area contributed by atoms with Crippen molar-refractivity contribution < 1.29 is 9.53 Å². The van der Waals surface area contributed by atoms with Crippen LogP contribution in [0.15, 0.2) is 28.8 Å². The molecule has 1 aromatic rings. The number of nitrogens with zero attached hydrogens (tertiary/aromatic N) is 1. The summed E-state index contributed by atoms with van der Waals surface area (Å²) in [5.74, 6) is 0.883. The van der Waals surface area contributed by atoms with E-state index >= 15 is 0 Å². The van der Waals surface area contributed by atoms with Crippen LogP contribution in [0.4, 0.5) is 0 Å². The number of hydrogen-bond donors (Lipinski definition) is 2. The minimum atomic E-state index is -0.565. The van der Waals surface area contributed by atoms with Crippen molar-refractivity contribution in [3.63, 3.8) is 0 Å². The molecule has 3 N–H and O–H groups in total. The summed E-state index contributed by atoms with van der Waals surface area (Å²) in [5.41, 5.74) is 5.78. The number of unbranched alkanes of at least 4 members (excludes halogenated alkanes) is 8. The lowest BCUT2D eigenvalue weighted by Crippen LogP contribution is -2.46. The number of hydrogen-bond acceptors (Lipinski definition) is 3. The number of amides is 1. The number of ether oxygens (including phenoxy) is 1. The number of amidine groups is 1. The first kappa shape index (κ1) is 22.5. The van der Waals surface area contributed by atoms with Crippen LogP contribution in [0.2, 0.25) is 0 Å². The molecule has 6 heteroatoms. The molecule has 5 nitrogen and oxygen atoms in total. The van der Waals surface area contributed by atoms with Crippen LogP contribution in [0.3, 0.4) is 0 Å². The molecule has 1 saturated carbocycles. The largest absolute Gasteiger partial charge is 0.494 e. The number of nitrogens with two attached hydrogens (primary N) is 1. The van der Waals surface area contributed by atoms with E-state index in [0.29, 0.717) is 12.2 Å². The van der Waals surface area contributed by atoms with Gasteiger partial charge in [0.15, 0.2) is 0 Å². The molecule has 0 aromatic heterocycles. The highest BCUT2D eigenvalue weighted by Crippen LogP contribution is 2.36. The SMILES string of the molecule is CCCCCCCCCCCOc1ccc(C(=O)NC2(/C(N)=N/Cl)CC2)cc1. The number of carbonyl (C=O) groups excluding carboxylic acids is 1. The third-order valence-electron chi connectivity index (χ3n) is 5.32. The molecule has 0 radical (unpaired) electrons. The summed E-state index contributed by atoms with van der Waals surface area (Å²) in [4.78, 5) is 12.4. The van der Waals surface area contributed by atoms with Crippen LogP contribution in [-0.4, -0.2) is 23.9 Å². The van der Waals surface area contributed by atoms with E-state index in [1.165, 1.54) is 51.4 Å². The first-order valence-corrected chi connectivity index (χ1v) is 11.0. The van der Waals surface area contributed by atoms with Gasteiger partial charge in [0.05, 0.1) is 12.1 Å². The summed E-state index contributed by atoms with van der Waals surface area (Å²) in [7, 11) is 0. The van der Waals surface area contributed by atoms with E-state index in [1.54, 1.807) is 12.1 Å². The number of benzene rings is 1. The molecule has 1 aliphatic rings. The molecule has 1 fully saturated rings. The lowest BCUT2D eigenvalue weighted by atomic mass is 10.1. The summed E-state index contributed by atoms with van der Waals surface area (Å²) in [6.45, 7) is 2.97. The highest BCUT2D eigenvalue weighted by atomic mass is 35.5. The van der Waals surface area contributed by atoms with Gasteiger partial charge in [0.2, 0.25) is 0 Å². The molecular weight excluding hydrogens is 374 g/mol. The summed E-state index contributed by atoms with van der Waals surface area (Å²) in [6, 6.07) is 7.21. The molecule has 0 aliphatic heterocycles. The zero-order chi connectivity index (χ0) is 20.2. The minimum absolute atomic E-state index is 0.175. The molecular formula is C22H34ClN3O2. The lowest BCUT2D eigenvalue weighted by molar-refractivity contribution is 0.0943. The number of halogens is 1. The number of rotatable bonds is 14. The molecule has 0 unspecified atom stereocenters. The monoisotopic (exact) mass is 407 g/mol. The van der Waals surface area contributed by atoms with Gasteiger partial charge in [-0.3, -0.25) is 4.79 Å². The Kier molecular flexibility index (Phi) is 9.62. The Bertz CT molecular complexity index is 627. The third-order valence-corrected chi connectivity index (χ3v) is 5.50. The predicted molar refractivity (Wildman–Crippen MR) is 116 cm³/mol. The van der Waals surface area contributed by atoms with Gasteiger partial charge in [-0.2, -0.15) is 4.51 Å². The maximum absolute atomic E-state index is 12.4. The van der Waals surface area contributed by atoms with Crippen LogP contribution in [-0.2, 0) is 0 Å². The molecule has 28 heavy (non-hydrogen) atoms. The van der Waals surface area contributed by atoms with Gasteiger partial charge < -0.3 is 15.8 Å². The van der Waals surface area contributed by atoms with Crippen molar-refractivity contribution in [1.29, 1.82) is 0 Å². The Balaban J connectivity index is 1.60. The van der Waals surface area contributed by atoms with Gasteiger partial charge >= 0.3 is 0 Å². The van der Waals surface area contributed by atoms with Gasteiger partial charge in [-0.15, -0.1) is 0 Å². The quantitative estimate of drug-likeness (QED) is 0.247. The van der Waals surface area contributed by atoms with E-state index in [9.17, 15) is 4.79 Å². The Labute approximate surface area is 174 Å². The van der Waals surface area contributed by atoms with E-state index in [4.69, 9.17) is 22.2 Å². The molecule has 0 bridgehead atoms. The maximum Gasteiger partial charge on any atom is 0.252 e. The Morgan fingerprint density at radius 2 is 1.64 bits per heavy atom. The van der Waals surface area contributed by atoms with Crippen LogP contribution in [0.5, 0.6) is 5.75 Å². The highest BCUT2D eigenvalue weighted by Gasteiger charge is 2.48. The molecule has 0 saturated heterocycles. The van der Waals surface area contributed by atoms with Gasteiger partial charge in [-0.1, -0.05) is 58.3 Å². The smallest absolute Gasteiger partial charge is 0.252 e. The third kappa shape index (κ3) is 7.34. The second kappa shape index (κ2) is 11.9. The molecule has 1 aliphatic carbocycles. The number of nitrogens with one attached hydrogen (secondary N) is 1.